The predicted octanol–water partition coefficient (Wildman–Crippen LogP) is -7.68. The highest BCUT2D eigenvalue weighted by Gasteiger charge is 2.40. The third kappa shape index (κ3) is 31.4. The number of primary amides is 2. The molecule has 1 aromatic carbocycles. The van der Waals surface area contributed by atoms with Gasteiger partial charge in [-0.2, -0.15) is 0 Å². The van der Waals surface area contributed by atoms with Crippen molar-refractivity contribution in [3.63, 3.8) is 0 Å². The highest BCUT2D eigenvalue weighted by atomic mass is 16.4. The Bertz CT molecular complexity index is 3180. The molecule has 578 valence electrons. The van der Waals surface area contributed by atoms with Gasteiger partial charge in [0.25, 0.3) is 0 Å². The number of nitrogens with one attached hydrogen (secondary N) is 12. The van der Waals surface area contributed by atoms with E-state index in [1.807, 2.05) is 0 Å². The molecule has 0 aromatic heterocycles. The van der Waals surface area contributed by atoms with Crippen molar-refractivity contribution in [3.05, 3.63) is 35.9 Å². The van der Waals surface area contributed by atoms with Crippen molar-refractivity contribution in [2.45, 2.75) is 197 Å². The molecule has 104 heavy (non-hydrogen) atoms. The number of benzene rings is 1. The number of carbonyl (C=O) groups is 18. The smallest absolute Gasteiger partial charge is 0.303 e. The van der Waals surface area contributed by atoms with Crippen molar-refractivity contribution in [1.29, 1.82) is 0 Å². The molecule has 2 heterocycles. The zero-order valence-electron chi connectivity index (χ0n) is 58.9. The Morgan fingerprint density at radius 2 is 0.923 bits per heavy atom. The molecule has 0 unspecified atom stereocenters. The summed E-state index contributed by atoms with van der Waals surface area (Å²) in [7, 11) is 0. The summed E-state index contributed by atoms with van der Waals surface area (Å²) in [5, 5.41) is 48.2. The Labute approximate surface area is 600 Å². The van der Waals surface area contributed by atoms with Crippen LogP contribution in [0.4, 0.5) is 0 Å². The molecule has 0 radical (unpaired) electrons. The summed E-state index contributed by atoms with van der Waals surface area (Å²) in [5.41, 5.74) is 28.2. The van der Waals surface area contributed by atoms with Gasteiger partial charge in [-0.25, -0.2) is 0 Å². The second-order valence-corrected chi connectivity index (χ2v) is 25.2. The number of carboxylic acids is 2. The Hall–Kier alpha value is -10.4. The summed E-state index contributed by atoms with van der Waals surface area (Å²) in [4.78, 5) is 238. The maximum atomic E-state index is 14.1. The maximum Gasteiger partial charge on any atom is 0.303 e. The van der Waals surface area contributed by atoms with Crippen molar-refractivity contribution >= 4 is 106 Å². The van der Waals surface area contributed by atoms with E-state index in [1.165, 1.54) is 6.92 Å². The molecule has 0 spiro atoms. The van der Waals surface area contributed by atoms with Crippen molar-refractivity contribution in [2.24, 2.45) is 34.6 Å². The number of rotatable bonds is 48. The predicted molar refractivity (Wildman–Crippen MR) is 368 cm³/mol. The third-order valence-electron chi connectivity index (χ3n) is 17.2. The number of likely N-dealkylation sites (tertiary alicyclic amines) is 2. The minimum Gasteiger partial charge on any atom is -0.481 e. The molecule has 0 saturated carbocycles. The van der Waals surface area contributed by atoms with E-state index in [0.717, 1.165) is 9.80 Å². The number of hydrogen-bond donors (Lipinski definition) is 19. The van der Waals surface area contributed by atoms with Gasteiger partial charge < -0.3 is 112 Å². The van der Waals surface area contributed by atoms with Gasteiger partial charge in [0, 0.05) is 38.8 Å². The monoisotopic (exact) mass is 1470 g/mol. The van der Waals surface area contributed by atoms with Gasteiger partial charge >= 0.3 is 11.9 Å². The van der Waals surface area contributed by atoms with Gasteiger partial charge in [0.1, 0.15) is 60.4 Å². The summed E-state index contributed by atoms with van der Waals surface area (Å²) in [6.07, 6.45) is -0.411. The normalized spacial score (nSPS) is 16.4. The van der Waals surface area contributed by atoms with E-state index in [4.69, 9.17) is 28.7 Å². The molecule has 39 heteroatoms. The molecule has 3 rings (SSSR count). The highest BCUT2D eigenvalue weighted by Crippen LogP contribution is 2.21. The fraction of sp³-hybridized carbons (Fsp3) is 0.631. The average molecular weight is 1470 g/mol. The molecule has 2 aliphatic rings. The van der Waals surface area contributed by atoms with Crippen LogP contribution in [0.3, 0.4) is 0 Å². The minimum atomic E-state index is -1.73. The molecule has 11 atom stereocenters. The number of amides is 16. The topological polar surface area (TPSA) is 629 Å². The van der Waals surface area contributed by atoms with Crippen molar-refractivity contribution in [3.8, 4) is 0 Å². The van der Waals surface area contributed by atoms with Gasteiger partial charge in [0.2, 0.25) is 94.5 Å². The van der Waals surface area contributed by atoms with E-state index in [2.05, 4.69) is 63.8 Å². The van der Waals surface area contributed by atoms with Crippen LogP contribution >= 0.6 is 0 Å². The van der Waals surface area contributed by atoms with E-state index in [-0.39, 0.29) is 90.0 Å². The first kappa shape index (κ1) is 87.8. The fourth-order valence-electron chi connectivity index (χ4n) is 11.2. The molecule has 1 aromatic rings. The molecule has 39 nitrogen and oxygen atoms in total. The lowest BCUT2D eigenvalue weighted by Gasteiger charge is -2.28. The number of unbranched alkanes of at least 4 members (excludes halogenated alkanes) is 2. The van der Waals surface area contributed by atoms with Gasteiger partial charge in [0.05, 0.1) is 32.7 Å². The van der Waals surface area contributed by atoms with E-state index >= 15 is 0 Å². The maximum absolute atomic E-state index is 14.1. The van der Waals surface area contributed by atoms with Crippen molar-refractivity contribution < 1.29 is 96.5 Å². The molecular weight excluding hydrogens is 1370 g/mol. The summed E-state index contributed by atoms with van der Waals surface area (Å²) in [6.45, 7) is 1.94. The molecule has 2 fully saturated rings. The zero-order valence-corrected chi connectivity index (χ0v) is 58.9. The van der Waals surface area contributed by atoms with Crippen LogP contribution in [-0.4, -0.2) is 246 Å². The second-order valence-electron chi connectivity index (χ2n) is 25.2. The summed E-state index contributed by atoms with van der Waals surface area (Å²) >= 11 is 0. The fourth-order valence-corrected chi connectivity index (χ4v) is 11.2. The SMILES string of the molecule is CC[C@H](C)[C@H](NC(=O)CN)C(=O)N[C@@H](C)C(=O)NCC(=O)N[C@@H](Cc1ccccc1)C(=O)N[C@@H](CCCCN)C(=O)NCC(=O)N[C@@H](CCC(=O)O)C(=O)N[C@@H](CCC(N)=O)C(=O)NCC(=O)N1CCC[C@H]1C(=O)N[C@@H](CCCCN)C(=O)NCC(=O)N[C@@H](CCC(=O)O)C(=O)N1CCC[C@H]1C(N)=O. The largest absolute Gasteiger partial charge is 0.481 e. The van der Waals surface area contributed by atoms with Crippen LogP contribution in [0.2, 0.25) is 0 Å². The second kappa shape index (κ2) is 46.2. The van der Waals surface area contributed by atoms with Gasteiger partial charge in [-0.05, 0) is 115 Å². The highest BCUT2D eigenvalue weighted by molar-refractivity contribution is 5.99. The van der Waals surface area contributed by atoms with E-state index < -0.39 is 225 Å². The Morgan fingerprint density at radius 3 is 1.43 bits per heavy atom. The Morgan fingerprint density at radius 1 is 0.471 bits per heavy atom. The van der Waals surface area contributed by atoms with E-state index in [9.17, 15) is 96.5 Å². The quantitative estimate of drug-likeness (QED) is 0.0270. The Kier molecular flexibility index (Phi) is 39.0. The van der Waals surface area contributed by atoms with Crippen LogP contribution in [0.5, 0.6) is 0 Å². The molecule has 2 saturated heterocycles. The standard InChI is InChI=1S/C65H103N19O20/c1-4-36(2)55(82-48(86)31-68)64(103)75-37(3)57(96)71-32-51(89)78-44(30-38-14-6-5-7-15-38)62(101)79-39(16-8-10-26-66)58(97)72-33-49(87)76-42(21-24-53(91)92)61(100)80-41(20-23-47(69)85)60(99)74-35-52(90)83-28-13-19-46(83)63(102)81-40(17-9-11-27-67)59(98)73-34-50(88)77-43(22-25-54(93)94)65(104)84-29-12-18-45(84)56(70)95/h5-7,14-15,36-37,39-46,55H,4,8-13,16-35,66-68H2,1-3H3,(H2,69,85)(H2,70,95)(H,71,96)(H,72,97)(H,73,98)(H,74,99)(H,75,103)(H,76,87)(H,77,88)(H,78,89)(H,79,101)(H,80,100)(H,81,102)(H,82,86)(H,91,92)(H,93,94)/t36-,37-,39-,40-,41-,42-,43-,44-,45-,46-,55-/m0/s1. The van der Waals surface area contributed by atoms with E-state index in [1.54, 1.807) is 44.2 Å². The van der Waals surface area contributed by atoms with Crippen LogP contribution in [0, 0.1) is 5.92 Å². The summed E-state index contributed by atoms with van der Waals surface area (Å²) < 4.78 is 0. The first-order valence-electron chi connectivity index (χ1n) is 34.6. The first-order chi connectivity index (χ1) is 49.3. The van der Waals surface area contributed by atoms with Crippen molar-refractivity contribution in [1.82, 2.24) is 73.6 Å². The van der Waals surface area contributed by atoms with Crippen LogP contribution < -0.4 is 92.5 Å². The number of nitrogens with two attached hydrogens (primary N) is 5. The van der Waals surface area contributed by atoms with Crippen molar-refractivity contribution in [2.75, 3.05) is 58.9 Å². The molecule has 2 aliphatic heterocycles. The number of carboxylic acid groups (broad SMARTS) is 2. The number of carbonyl (C=O) groups excluding carboxylic acids is 16. The number of nitrogens with zero attached hydrogens (tertiary/aromatic N) is 2. The van der Waals surface area contributed by atoms with Crippen LogP contribution in [0.1, 0.15) is 135 Å². The molecular formula is C65H103N19O20. The van der Waals surface area contributed by atoms with Gasteiger partial charge in [0.15, 0.2) is 0 Å². The first-order valence-corrected chi connectivity index (χ1v) is 34.6. The van der Waals surface area contributed by atoms with Crippen LogP contribution in [0.25, 0.3) is 0 Å². The van der Waals surface area contributed by atoms with E-state index in [0.29, 0.717) is 37.7 Å². The van der Waals surface area contributed by atoms with Gasteiger partial charge in [-0.15, -0.1) is 0 Å². The third-order valence-corrected chi connectivity index (χ3v) is 17.2. The van der Waals surface area contributed by atoms with Crippen LogP contribution in [0.15, 0.2) is 30.3 Å². The van der Waals surface area contributed by atoms with Gasteiger partial charge in [-0.3, -0.25) is 86.3 Å². The summed E-state index contributed by atoms with van der Waals surface area (Å²) in [6, 6.07) is -4.83. The zero-order chi connectivity index (χ0) is 77.6. The van der Waals surface area contributed by atoms with Crippen LogP contribution in [-0.2, 0) is 92.7 Å². The lowest BCUT2D eigenvalue weighted by atomic mass is 9.98. The number of hydrogen-bond acceptors (Lipinski definition) is 21. The number of aliphatic carboxylic acids is 2. The molecule has 0 aliphatic carbocycles. The lowest BCUT2D eigenvalue weighted by molar-refractivity contribution is -0.142. The minimum absolute atomic E-state index is 0.000546. The molecule has 24 N–H and O–H groups in total. The summed E-state index contributed by atoms with van der Waals surface area (Å²) in [5.74, 6) is -16.8. The van der Waals surface area contributed by atoms with Gasteiger partial charge in [-0.1, -0.05) is 50.6 Å². The molecule has 0 bridgehead atoms. The Balaban J connectivity index is 1.71. The lowest BCUT2D eigenvalue weighted by Crippen LogP contribution is -2.58. The molecule has 16 amide bonds. The average Bonchev–Trinajstić information content (AvgIpc) is 1.66.